The fraction of sp³-hybridized carbons (Fsp3) is 0.579. The average molecular weight is 622 g/mol. The first-order valence-corrected chi connectivity index (χ1v) is 12.6. The highest BCUT2D eigenvalue weighted by Gasteiger charge is 2.67. The maximum absolute atomic E-state index is 13.0. The summed E-state index contributed by atoms with van der Waals surface area (Å²) in [5, 5.41) is 23.8. The van der Waals surface area contributed by atoms with E-state index in [0.717, 1.165) is 23.8 Å². The van der Waals surface area contributed by atoms with E-state index in [1.54, 1.807) is 0 Å². The molecule has 1 saturated heterocycles. The van der Waals surface area contributed by atoms with Crippen molar-refractivity contribution >= 4 is 82.5 Å². The molecule has 0 spiro atoms. The second kappa shape index (κ2) is 12.9. The van der Waals surface area contributed by atoms with Gasteiger partial charge in [0.05, 0.1) is 0 Å². The Morgan fingerprint density at radius 1 is 1.24 bits per heavy atom. The fourth-order valence-electron chi connectivity index (χ4n) is 3.57. The van der Waals surface area contributed by atoms with Crippen LogP contribution in [0.25, 0.3) is 0 Å². The van der Waals surface area contributed by atoms with Crippen molar-refractivity contribution in [3.05, 3.63) is 11.0 Å². The molecule has 2 heterocycles. The van der Waals surface area contributed by atoms with Gasteiger partial charge in [0, 0.05) is 19.1 Å². The van der Waals surface area contributed by atoms with Crippen LogP contribution in [0.4, 0.5) is 9.59 Å². The number of rotatable bonds is 12. The number of carboxylic acids is 2. The highest BCUT2D eigenvalue weighted by atomic mass is 35.6. The number of nitrogens with one attached hydrogen (secondary N) is 2. The van der Waals surface area contributed by atoms with Gasteiger partial charge in [-0.15, -0.1) is 11.8 Å². The number of nitrogens with zero attached hydrogens (tertiary/aromatic N) is 1. The topological polar surface area (TPSA) is 224 Å². The zero-order chi connectivity index (χ0) is 28.8. The number of methoxy groups -OCH3 is 1. The number of aliphatic carboxylic acids is 2. The number of hydrogen-bond donors (Lipinski definition) is 5. The molecule has 6 N–H and O–H groups in total. The molecule has 15 nitrogen and oxygen atoms in total. The maximum atomic E-state index is 13.0. The molecule has 0 aromatic heterocycles. The fourth-order valence-corrected chi connectivity index (χ4v) is 5.03. The zero-order valence-electron chi connectivity index (χ0n) is 19.5. The van der Waals surface area contributed by atoms with Gasteiger partial charge >= 0.3 is 24.1 Å². The Morgan fingerprint density at radius 3 is 2.42 bits per heavy atom. The van der Waals surface area contributed by atoms with Crippen molar-refractivity contribution in [1.29, 1.82) is 0 Å². The highest BCUT2D eigenvalue weighted by molar-refractivity contribution is 8.03. The first-order valence-electron chi connectivity index (χ1n) is 10.5. The molecule has 2 aliphatic heterocycles. The predicted molar refractivity (Wildman–Crippen MR) is 131 cm³/mol. The lowest BCUT2D eigenvalue weighted by Gasteiger charge is -2.57. The Kier molecular flexibility index (Phi) is 10.7. The number of amides is 4. The number of halogens is 3. The van der Waals surface area contributed by atoms with Crippen LogP contribution in [0, 0.1) is 0 Å². The van der Waals surface area contributed by atoms with Crippen molar-refractivity contribution in [2.24, 2.45) is 5.73 Å². The van der Waals surface area contributed by atoms with Gasteiger partial charge in [0.2, 0.25) is 9.70 Å². The van der Waals surface area contributed by atoms with Gasteiger partial charge in [-0.3, -0.25) is 9.59 Å². The van der Waals surface area contributed by atoms with Crippen LogP contribution in [0.3, 0.4) is 0 Å². The monoisotopic (exact) mass is 620 g/mol. The van der Waals surface area contributed by atoms with Crippen molar-refractivity contribution in [3.63, 3.8) is 0 Å². The van der Waals surface area contributed by atoms with Gasteiger partial charge in [0.1, 0.15) is 24.6 Å². The number of hydrogen-bond acceptors (Lipinski definition) is 10. The van der Waals surface area contributed by atoms with E-state index in [9.17, 15) is 39.0 Å². The Hall–Kier alpha value is -2.66. The molecular formula is C19H23Cl3N4O11S. The molecule has 212 valence electrons. The van der Waals surface area contributed by atoms with E-state index in [2.05, 4.69) is 20.1 Å². The molecule has 2 unspecified atom stereocenters. The van der Waals surface area contributed by atoms with Gasteiger partial charge in [0.25, 0.3) is 11.6 Å². The molecule has 1 fully saturated rings. The molecule has 2 rings (SSSR count). The minimum atomic E-state index is -1.90. The Morgan fingerprint density at radius 2 is 1.89 bits per heavy atom. The van der Waals surface area contributed by atoms with Crippen molar-refractivity contribution in [2.45, 2.75) is 46.2 Å². The van der Waals surface area contributed by atoms with Crippen LogP contribution in [0.1, 0.15) is 19.3 Å². The quantitative estimate of drug-likeness (QED) is 0.114. The lowest BCUT2D eigenvalue weighted by molar-refractivity contribution is -0.201. The van der Waals surface area contributed by atoms with Gasteiger partial charge in [-0.25, -0.2) is 19.2 Å². The number of thioether (sulfide) groups is 1. The molecule has 0 aromatic carbocycles. The van der Waals surface area contributed by atoms with Crippen molar-refractivity contribution in [2.75, 3.05) is 20.3 Å². The van der Waals surface area contributed by atoms with Crippen molar-refractivity contribution in [3.8, 4) is 0 Å². The van der Waals surface area contributed by atoms with Gasteiger partial charge in [0.15, 0.2) is 6.04 Å². The molecule has 4 amide bonds. The molecule has 0 saturated carbocycles. The minimum absolute atomic E-state index is 0.0463. The zero-order valence-corrected chi connectivity index (χ0v) is 22.6. The standard InChI is InChI=1S/C19H23Cl3N4O11S/c1-35-19(14(32)26-11(13(30)31)8(5-36-16(23)33)6-38-15(19)26)25-10(27)4-2-3-9(12(28)29)24-17(34)37-7-18(20,21)22/h6,9,11,15H,2-5,7H2,1H3,(H2,23,33)(H,24,34)(H,25,27)(H,28,29)(H,30,31)/t9?,11?,15-,19-/m0/s1. The molecule has 19 heteroatoms. The van der Waals surface area contributed by atoms with Gasteiger partial charge in [-0.1, -0.05) is 34.8 Å². The summed E-state index contributed by atoms with van der Waals surface area (Å²) in [4.78, 5) is 72.4. The number of primary amides is 1. The predicted octanol–water partition coefficient (Wildman–Crippen LogP) is 0.513. The summed E-state index contributed by atoms with van der Waals surface area (Å²) in [6, 6.07) is -2.92. The number of carbonyl (C=O) groups excluding carboxylic acids is 4. The first kappa shape index (κ1) is 31.6. The van der Waals surface area contributed by atoms with Crippen LogP contribution in [-0.2, 0) is 33.4 Å². The third-order valence-electron chi connectivity index (χ3n) is 5.25. The van der Waals surface area contributed by atoms with Crippen LogP contribution in [0.5, 0.6) is 0 Å². The third-order valence-corrected chi connectivity index (χ3v) is 6.83. The lowest BCUT2D eigenvalue weighted by atomic mass is 9.94. The van der Waals surface area contributed by atoms with E-state index in [4.69, 9.17) is 45.3 Å². The van der Waals surface area contributed by atoms with Crippen LogP contribution >= 0.6 is 46.6 Å². The average Bonchev–Trinajstić information content (AvgIpc) is 2.82. The molecule has 4 atom stereocenters. The molecule has 0 aliphatic carbocycles. The summed E-state index contributed by atoms with van der Waals surface area (Å²) in [6.45, 7) is -1.09. The second-order valence-corrected chi connectivity index (χ2v) is 11.3. The number of fused-ring (bicyclic) bond motifs is 1. The molecular weight excluding hydrogens is 599 g/mol. The number of alkyl halides is 3. The molecule has 2 aliphatic rings. The maximum Gasteiger partial charge on any atom is 0.407 e. The SMILES string of the molecule is CO[C@@]1(NC(=O)CCCC(NC(=O)OCC(Cl)(Cl)Cl)C(=O)O)C(=O)N2C(C(=O)O)C(COC(N)=O)=CS[C@H]21. The van der Waals surface area contributed by atoms with Crippen LogP contribution < -0.4 is 16.4 Å². The smallest absolute Gasteiger partial charge is 0.407 e. The van der Waals surface area contributed by atoms with Crippen molar-refractivity contribution in [1.82, 2.24) is 15.5 Å². The Bertz CT molecular complexity index is 1020. The highest BCUT2D eigenvalue weighted by Crippen LogP contribution is 2.46. The van der Waals surface area contributed by atoms with Crippen LogP contribution in [-0.4, -0.2) is 98.4 Å². The van der Waals surface area contributed by atoms with E-state index in [0.29, 0.717) is 0 Å². The Labute approximate surface area is 234 Å². The largest absolute Gasteiger partial charge is 0.480 e. The first-order chi connectivity index (χ1) is 17.6. The third kappa shape index (κ3) is 7.69. The van der Waals surface area contributed by atoms with E-state index < -0.39 is 76.1 Å². The summed E-state index contributed by atoms with van der Waals surface area (Å²) in [7, 11) is 1.15. The number of alkyl carbamates (subject to hydrolysis) is 1. The molecule has 0 bridgehead atoms. The van der Waals surface area contributed by atoms with Crippen molar-refractivity contribution < 1.29 is 53.2 Å². The Balaban J connectivity index is 1.98. The summed E-state index contributed by atoms with van der Waals surface area (Å²) in [5.74, 6) is -4.37. The van der Waals surface area contributed by atoms with Crippen LogP contribution in [0.15, 0.2) is 11.0 Å². The number of ether oxygens (including phenoxy) is 3. The lowest BCUT2D eigenvalue weighted by Crippen LogP contribution is -2.83. The summed E-state index contributed by atoms with van der Waals surface area (Å²) < 4.78 is 12.6. The van der Waals surface area contributed by atoms with Gasteiger partial charge in [-0.2, -0.15) is 0 Å². The van der Waals surface area contributed by atoms with E-state index in [-0.39, 0.29) is 24.8 Å². The van der Waals surface area contributed by atoms with Gasteiger partial charge in [-0.05, 0) is 18.2 Å². The summed E-state index contributed by atoms with van der Waals surface area (Å²) in [6.07, 6.45) is -2.80. The number of nitrogens with two attached hydrogens (primary N) is 1. The number of carbonyl (C=O) groups is 6. The minimum Gasteiger partial charge on any atom is -0.480 e. The number of β-lactam (4-membered cyclic amide) rings is 1. The van der Waals surface area contributed by atoms with E-state index >= 15 is 0 Å². The normalized spacial score (nSPS) is 23.2. The second-order valence-electron chi connectivity index (χ2n) is 7.85. The summed E-state index contributed by atoms with van der Waals surface area (Å²) in [5.41, 5.74) is 3.11. The summed E-state index contributed by atoms with van der Waals surface area (Å²) >= 11 is 17.3. The van der Waals surface area contributed by atoms with Gasteiger partial charge < -0.3 is 45.7 Å². The van der Waals surface area contributed by atoms with E-state index in [1.165, 1.54) is 5.41 Å². The number of carboxylic acid groups (broad SMARTS) is 2. The molecule has 38 heavy (non-hydrogen) atoms. The molecule has 0 radical (unpaired) electrons. The van der Waals surface area contributed by atoms with E-state index in [1.807, 2.05) is 0 Å². The molecule has 0 aromatic rings. The van der Waals surface area contributed by atoms with Crippen LogP contribution in [0.2, 0.25) is 0 Å².